The van der Waals surface area contributed by atoms with Gasteiger partial charge in [0.25, 0.3) is 0 Å². The minimum Gasteiger partial charge on any atom is -0.493 e. The van der Waals surface area contributed by atoms with E-state index in [1.807, 2.05) is 18.2 Å². The molecule has 0 aliphatic carbocycles. The van der Waals surface area contributed by atoms with Crippen molar-refractivity contribution in [1.29, 1.82) is 0 Å². The summed E-state index contributed by atoms with van der Waals surface area (Å²) < 4.78 is 20.9. The molecule has 0 saturated heterocycles. The number of nitrogens with one attached hydrogen (secondary N) is 1. The van der Waals surface area contributed by atoms with Gasteiger partial charge in [-0.15, -0.1) is 0 Å². The zero-order chi connectivity index (χ0) is 16.9. The molecule has 0 bridgehead atoms. The number of nitrogens with zero attached hydrogens (tertiary/aromatic N) is 2. The highest BCUT2D eigenvalue weighted by Crippen LogP contribution is 2.35. The van der Waals surface area contributed by atoms with Crippen molar-refractivity contribution in [3.63, 3.8) is 0 Å². The predicted octanol–water partition coefficient (Wildman–Crippen LogP) is 1.09. The van der Waals surface area contributed by atoms with Crippen LogP contribution in [0.25, 0.3) is 0 Å². The Bertz CT molecular complexity index is 715. The van der Waals surface area contributed by atoms with Gasteiger partial charge in [-0.1, -0.05) is 17.3 Å². The Kier molecular flexibility index (Phi) is 4.95. The zero-order valence-corrected chi connectivity index (χ0v) is 13.6. The monoisotopic (exact) mass is 333 g/mol. The fourth-order valence-corrected chi connectivity index (χ4v) is 2.58. The number of carbonyl (C=O) groups is 1. The fourth-order valence-electron chi connectivity index (χ4n) is 2.58. The summed E-state index contributed by atoms with van der Waals surface area (Å²) in [6.07, 6.45) is 0.594. The summed E-state index contributed by atoms with van der Waals surface area (Å²) in [7, 11) is 3.15. The van der Waals surface area contributed by atoms with Crippen LogP contribution in [0, 0.1) is 5.92 Å². The molecule has 1 aromatic carbocycles. The van der Waals surface area contributed by atoms with E-state index in [0.29, 0.717) is 36.2 Å². The second-order valence-corrected chi connectivity index (χ2v) is 5.42. The largest absolute Gasteiger partial charge is 0.493 e. The summed E-state index contributed by atoms with van der Waals surface area (Å²) in [6.45, 7) is 0.751. The van der Waals surface area contributed by atoms with Crippen LogP contribution in [0.3, 0.4) is 0 Å². The molecule has 0 radical (unpaired) electrons. The lowest BCUT2D eigenvalue weighted by molar-refractivity contribution is -0.126. The van der Waals surface area contributed by atoms with E-state index < -0.39 is 0 Å². The number of rotatable bonds is 6. The molecule has 1 N–H and O–H groups in total. The van der Waals surface area contributed by atoms with Crippen LogP contribution in [0.2, 0.25) is 0 Å². The van der Waals surface area contributed by atoms with E-state index in [9.17, 15) is 4.79 Å². The molecule has 3 rings (SSSR count). The second-order valence-electron chi connectivity index (χ2n) is 5.42. The lowest BCUT2D eigenvalue weighted by Gasteiger charge is -2.25. The molecule has 128 valence electrons. The number of aromatic nitrogens is 2. The average molecular weight is 333 g/mol. The quantitative estimate of drug-likeness (QED) is 0.845. The van der Waals surface area contributed by atoms with Crippen molar-refractivity contribution in [2.45, 2.75) is 19.6 Å². The maximum Gasteiger partial charge on any atom is 0.246 e. The molecule has 1 aromatic heterocycles. The fraction of sp³-hybridized carbons (Fsp3) is 0.438. The molecule has 1 amide bonds. The third kappa shape index (κ3) is 3.48. The summed E-state index contributed by atoms with van der Waals surface area (Å²) >= 11 is 0. The Morgan fingerprint density at radius 2 is 2.29 bits per heavy atom. The number of amides is 1. The smallest absolute Gasteiger partial charge is 0.246 e. The lowest BCUT2D eigenvalue weighted by Crippen LogP contribution is -2.37. The summed E-state index contributed by atoms with van der Waals surface area (Å²) in [4.78, 5) is 16.4. The van der Waals surface area contributed by atoms with Crippen LogP contribution in [-0.2, 0) is 29.1 Å². The SMILES string of the molecule is COCc1noc(CNC(=O)[C@@H]2COc3c(cccc3OC)C2)n1. The summed E-state index contributed by atoms with van der Waals surface area (Å²) in [6, 6.07) is 5.66. The summed E-state index contributed by atoms with van der Waals surface area (Å²) in [5, 5.41) is 6.54. The molecule has 0 saturated carbocycles. The van der Waals surface area contributed by atoms with Gasteiger partial charge < -0.3 is 24.1 Å². The highest BCUT2D eigenvalue weighted by Gasteiger charge is 2.28. The Morgan fingerprint density at radius 1 is 1.42 bits per heavy atom. The minimum atomic E-state index is -0.272. The van der Waals surface area contributed by atoms with Gasteiger partial charge in [0.1, 0.15) is 13.2 Å². The maximum absolute atomic E-state index is 12.3. The molecule has 0 spiro atoms. The van der Waals surface area contributed by atoms with Crippen molar-refractivity contribution in [3.8, 4) is 11.5 Å². The third-order valence-electron chi connectivity index (χ3n) is 3.74. The molecular formula is C16H19N3O5. The molecule has 0 fully saturated rings. The van der Waals surface area contributed by atoms with E-state index in [0.717, 1.165) is 5.56 Å². The van der Waals surface area contributed by atoms with E-state index in [1.54, 1.807) is 14.2 Å². The number of hydrogen-bond acceptors (Lipinski definition) is 7. The first-order chi connectivity index (χ1) is 11.7. The van der Waals surface area contributed by atoms with Crippen molar-refractivity contribution in [1.82, 2.24) is 15.5 Å². The van der Waals surface area contributed by atoms with Gasteiger partial charge in [0.05, 0.1) is 19.6 Å². The summed E-state index contributed by atoms with van der Waals surface area (Å²) in [5.74, 6) is 1.80. The number of ether oxygens (including phenoxy) is 3. The molecule has 1 atom stereocenters. The molecule has 2 aromatic rings. The first kappa shape index (κ1) is 16.3. The lowest BCUT2D eigenvalue weighted by atomic mass is 9.95. The van der Waals surface area contributed by atoms with Crippen LogP contribution in [0.15, 0.2) is 22.7 Å². The molecule has 1 aliphatic heterocycles. The van der Waals surface area contributed by atoms with E-state index >= 15 is 0 Å². The van der Waals surface area contributed by atoms with Crippen molar-refractivity contribution in [3.05, 3.63) is 35.5 Å². The number of carbonyl (C=O) groups excluding carboxylic acids is 1. The van der Waals surface area contributed by atoms with Crippen molar-refractivity contribution in [2.24, 2.45) is 5.92 Å². The van der Waals surface area contributed by atoms with Gasteiger partial charge in [0, 0.05) is 7.11 Å². The van der Waals surface area contributed by atoms with E-state index in [2.05, 4.69) is 15.5 Å². The number of methoxy groups -OCH3 is 2. The van der Waals surface area contributed by atoms with Gasteiger partial charge in [-0.25, -0.2) is 0 Å². The highest BCUT2D eigenvalue weighted by atomic mass is 16.5. The van der Waals surface area contributed by atoms with Gasteiger partial charge in [-0.05, 0) is 18.1 Å². The second kappa shape index (κ2) is 7.31. The van der Waals surface area contributed by atoms with Gasteiger partial charge in [-0.3, -0.25) is 4.79 Å². The molecule has 2 heterocycles. The molecule has 8 heteroatoms. The Hall–Kier alpha value is -2.61. The van der Waals surface area contributed by atoms with Crippen LogP contribution in [0.4, 0.5) is 0 Å². The number of hydrogen-bond donors (Lipinski definition) is 1. The summed E-state index contributed by atoms with van der Waals surface area (Å²) in [5.41, 5.74) is 0.959. The topological polar surface area (TPSA) is 95.7 Å². The van der Waals surface area contributed by atoms with Crippen molar-refractivity contribution in [2.75, 3.05) is 20.8 Å². The number of para-hydroxylation sites is 1. The molecule has 24 heavy (non-hydrogen) atoms. The predicted molar refractivity (Wildman–Crippen MR) is 82.5 cm³/mol. The van der Waals surface area contributed by atoms with Crippen molar-refractivity contribution >= 4 is 5.91 Å². The standard InChI is InChI=1S/C16H19N3O5/c1-21-9-13-18-14(24-19-13)7-17-16(20)11-6-10-4-3-5-12(22-2)15(10)23-8-11/h3-5,11H,6-9H2,1-2H3,(H,17,20)/t11-/m0/s1. The van der Waals surface area contributed by atoms with Crippen LogP contribution in [0.5, 0.6) is 11.5 Å². The average Bonchev–Trinajstić information content (AvgIpc) is 3.06. The van der Waals surface area contributed by atoms with E-state index in [4.69, 9.17) is 18.7 Å². The molecular weight excluding hydrogens is 314 g/mol. The molecule has 8 nitrogen and oxygen atoms in total. The Morgan fingerprint density at radius 3 is 3.08 bits per heavy atom. The highest BCUT2D eigenvalue weighted by molar-refractivity contribution is 5.79. The molecule has 0 unspecified atom stereocenters. The van der Waals surface area contributed by atoms with Gasteiger partial charge in [0.2, 0.25) is 11.8 Å². The van der Waals surface area contributed by atoms with Gasteiger partial charge >= 0.3 is 0 Å². The maximum atomic E-state index is 12.3. The van der Waals surface area contributed by atoms with Gasteiger partial charge in [-0.2, -0.15) is 4.98 Å². The number of fused-ring (bicyclic) bond motifs is 1. The Labute approximate surface area is 139 Å². The first-order valence-electron chi connectivity index (χ1n) is 7.58. The number of benzene rings is 1. The van der Waals surface area contributed by atoms with Crippen LogP contribution in [0.1, 0.15) is 17.3 Å². The van der Waals surface area contributed by atoms with Crippen LogP contribution < -0.4 is 14.8 Å². The normalized spacial score (nSPS) is 16.2. The van der Waals surface area contributed by atoms with Crippen LogP contribution in [-0.4, -0.2) is 36.9 Å². The zero-order valence-electron chi connectivity index (χ0n) is 13.6. The molecule has 1 aliphatic rings. The minimum absolute atomic E-state index is 0.116. The van der Waals surface area contributed by atoms with Crippen LogP contribution >= 0.6 is 0 Å². The first-order valence-corrected chi connectivity index (χ1v) is 7.58. The Balaban J connectivity index is 1.57. The van der Waals surface area contributed by atoms with E-state index in [-0.39, 0.29) is 25.0 Å². The third-order valence-corrected chi connectivity index (χ3v) is 3.74. The van der Waals surface area contributed by atoms with E-state index in [1.165, 1.54) is 0 Å². The van der Waals surface area contributed by atoms with Gasteiger partial charge in [0.15, 0.2) is 17.3 Å². The van der Waals surface area contributed by atoms with Crippen molar-refractivity contribution < 1.29 is 23.5 Å².